The van der Waals surface area contributed by atoms with Crippen molar-refractivity contribution in [2.24, 2.45) is 11.8 Å². The third-order valence-electron chi connectivity index (χ3n) is 6.59. The number of hydrogen-bond donors (Lipinski definition) is 3. The first-order chi connectivity index (χ1) is 13.6. The second-order valence-corrected chi connectivity index (χ2v) is 9.22. The molecule has 3 fully saturated rings. The van der Waals surface area contributed by atoms with Gasteiger partial charge in [0.2, 0.25) is 5.91 Å². The fraction of sp³-hybridized carbons (Fsp3) is 0.476. The molecule has 1 saturated heterocycles. The van der Waals surface area contributed by atoms with E-state index in [-0.39, 0.29) is 23.8 Å². The van der Waals surface area contributed by atoms with Crippen molar-refractivity contribution in [1.82, 2.24) is 16.0 Å². The SMILES string of the molecule is O=C1NC(=O)C2(CC(C(=O)N[C@H](c3csc4ccccc34)C3CCCC3)C2)N1. The normalized spacial score (nSPS) is 28.2. The highest BCUT2D eigenvalue weighted by molar-refractivity contribution is 7.17. The average Bonchev–Trinajstić information content (AvgIpc) is 3.37. The van der Waals surface area contributed by atoms with E-state index in [9.17, 15) is 14.4 Å². The minimum atomic E-state index is -0.878. The summed E-state index contributed by atoms with van der Waals surface area (Å²) >= 11 is 1.72. The Kier molecular flexibility index (Phi) is 4.16. The number of carbonyl (C=O) groups is 3. The monoisotopic (exact) mass is 397 g/mol. The molecule has 2 heterocycles. The van der Waals surface area contributed by atoms with Gasteiger partial charge in [-0.05, 0) is 54.0 Å². The van der Waals surface area contributed by atoms with Crippen molar-refractivity contribution >= 4 is 39.3 Å². The predicted octanol–water partition coefficient (Wildman–Crippen LogP) is 3.24. The lowest BCUT2D eigenvalue weighted by molar-refractivity contribution is -0.137. The van der Waals surface area contributed by atoms with Gasteiger partial charge in [-0.2, -0.15) is 0 Å². The summed E-state index contributed by atoms with van der Waals surface area (Å²) in [6.45, 7) is 0. The summed E-state index contributed by atoms with van der Waals surface area (Å²) in [7, 11) is 0. The number of carbonyl (C=O) groups excluding carboxylic acids is 3. The Hall–Kier alpha value is -2.41. The first-order valence-electron chi connectivity index (χ1n) is 9.96. The van der Waals surface area contributed by atoms with E-state index in [1.807, 2.05) is 12.1 Å². The van der Waals surface area contributed by atoms with Crippen LogP contribution in [0, 0.1) is 11.8 Å². The standard InChI is InChI=1S/C21H23N3O3S/c25-18(13-9-21(10-13)19(26)23-20(27)24-21)22-17(12-5-1-2-6-12)15-11-28-16-8-4-3-7-14(15)16/h3-4,7-8,11-13,17H,1-2,5-6,9-10H2,(H,22,25)(H2,23,24,26,27)/t13?,17-,21?/m0/s1. The molecule has 2 aromatic rings. The van der Waals surface area contributed by atoms with Crippen LogP contribution in [0.15, 0.2) is 29.6 Å². The molecule has 1 aromatic heterocycles. The molecule has 1 spiro atoms. The molecular weight excluding hydrogens is 374 g/mol. The third-order valence-corrected chi connectivity index (χ3v) is 7.57. The van der Waals surface area contributed by atoms with Gasteiger partial charge < -0.3 is 10.6 Å². The number of benzene rings is 1. The number of imide groups is 1. The van der Waals surface area contributed by atoms with Crippen LogP contribution in [0.25, 0.3) is 10.1 Å². The lowest BCUT2D eigenvalue weighted by Gasteiger charge is -2.42. The van der Waals surface area contributed by atoms with Gasteiger partial charge in [0.05, 0.1) is 6.04 Å². The molecule has 1 aliphatic heterocycles. The van der Waals surface area contributed by atoms with Crippen LogP contribution < -0.4 is 16.0 Å². The van der Waals surface area contributed by atoms with E-state index >= 15 is 0 Å². The van der Waals surface area contributed by atoms with Crippen molar-refractivity contribution in [2.75, 3.05) is 0 Å². The number of rotatable bonds is 4. The summed E-state index contributed by atoms with van der Waals surface area (Å²) in [5, 5.41) is 11.7. The number of nitrogens with one attached hydrogen (secondary N) is 3. The van der Waals surface area contributed by atoms with Crippen LogP contribution in [0.3, 0.4) is 0 Å². The zero-order valence-electron chi connectivity index (χ0n) is 15.5. The molecule has 6 nitrogen and oxygen atoms in total. The summed E-state index contributed by atoms with van der Waals surface area (Å²) in [6, 6.07) is 7.89. The van der Waals surface area contributed by atoms with Crippen LogP contribution in [0.2, 0.25) is 0 Å². The van der Waals surface area contributed by atoms with E-state index in [0.29, 0.717) is 18.8 Å². The number of urea groups is 1. The Morgan fingerprint density at radius 3 is 2.64 bits per heavy atom. The van der Waals surface area contributed by atoms with E-state index in [0.717, 1.165) is 12.8 Å². The van der Waals surface area contributed by atoms with Crippen molar-refractivity contribution < 1.29 is 14.4 Å². The molecule has 3 aliphatic rings. The summed E-state index contributed by atoms with van der Waals surface area (Å²) in [4.78, 5) is 36.4. The van der Waals surface area contributed by atoms with Crippen molar-refractivity contribution in [3.63, 3.8) is 0 Å². The zero-order valence-corrected chi connectivity index (χ0v) is 16.3. The van der Waals surface area contributed by atoms with Crippen LogP contribution in [-0.4, -0.2) is 23.4 Å². The number of thiophene rings is 1. The molecule has 146 valence electrons. The highest BCUT2D eigenvalue weighted by atomic mass is 32.1. The Bertz CT molecular complexity index is 957. The van der Waals surface area contributed by atoms with Crippen molar-refractivity contribution in [3.8, 4) is 0 Å². The van der Waals surface area contributed by atoms with Crippen molar-refractivity contribution in [3.05, 3.63) is 35.2 Å². The Balaban J connectivity index is 1.35. The highest BCUT2D eigenvalue weighted by Gasteiger charge is 2.57. The van der Waals surface area contributed by atoms with Crippen LogP contribution in [0.1, 0.15) is 50.1 Å². The maximum Gasteiger partial charge on any atom is 0.322 e. The van der Waals surface area contributed by atoms with Gasteiger partial charge in [-0.1, -0.05) is 31.0 Å². The average molecular weight is 398 g/mol. The van der Waals surface area contributed by atoms with E-state index in [4.69, 9.17) is 0 Å². The largest absolute Gasteiger partial charge is 0.349 e. The van der Waals surface area contributed by atoms with Crippen LogP contribution in [-0.2, 0) is 9.59 Å². The molecule has 3 N–H and O–H groups in total. The number of hydrogen-bond acceptors (Lipinski definition) is 4. The zero-order chi connectivity index (χ0) is 19.3. The smallest absolute Gasteiger partial charge is 0.322 e. The molecule has 2 saturated carbocycles. The Labute approximate surface area is 167 Å². The molecule has 4 amide bonds. The van der Waals surface area contributed by atoms with Gasteiger partial charge in [0.15, 0.2) is 0 Å². The second kappa shape index (κ2) is 6.58. The molecule has 0 bridgehead atoms. The minimum absolute atomic E-state index is 0.00763. The van der Waals surface area contributed by atoms with Gasteiger partial charge in [0.1, 0.15) is 5.54 Å². The predicted molar refractivity (Wildman–Crippen MR) is 107 cm³/mol. The minimum Gasteiger partial charge on any atom is -0.349 e. The van der Waals surface area contributed by atoms with Crippen LogP contribution >= 0.6 is 11.3 Å². The number of fused-ring (bicyclic) bond motifs is 1. The molecule has 1 aromatic carbocycles. The van der Waals surface area contributed by atoms with E-state index < -0.39 is 11.6 Å². The Morgan fingerprint density at radius 2 is 1.93 bits per heavy atom. The quantitative estimate of drug-likeness (QED) is 0.692. The van der Waals surface area contributed by atoms with E-state index in [1.165, 1.54) is 28.5 Å². The van der Waals surface area contributed by atoms with Gasteiger partial charge in [-0.15, -0.1) is 11.3 Å². The maximum absolute atomic E-state index is 13.0. The summed E-state index contributed by atoms with van der Waals surface area (Å²) in [6.07, 6.45) is 5.41. The van der Waals surface area contributed by atoms with Crippen molar-refractivity contribution in [1.29, 1.82) is 0 Å². The van der Waals surface area contributed by atoms with E-state index in [2.05, 4.69) is 33.5 Å². The molecule has 0 unspecified atom stereocenters. The van der Waals surface area contributed by atoms with Gasteiger partial charge in [0.25, 0.3) is 5.91 Å². The third kappa shape index (κ3) is 2.80. The second-order valence-electron chi connectivity index (χ2n) is 8.31. The van der Waals surface area contributed by atoms with E-state index in [1.54, 1.807) is 11.3 Å². The molecule has 2 aliphatic carbocycles. The molecule has 0 radical (unpaired) electrons. The Morgan fingerprint density at radius 1 is 1.18 bits per heavy atom. The summed E-state index contributed by atoms with van der Waals surface area (Å²) in [5.41, 5.74) is 0.332. The number of amides is 4. The maximum atomic E-state index is 13.0. The van der Waals surface area contributed by atoms with Crippen LogP contribution in [0.5, 0.6) is 0 Å². The molecule has 5 rings (SSSR count). The molecule has 1 atom stereocenters. The fourth-order valence-electron chi connectivity index (χ4n) is 5.03. The fourth-order valence-corrected chi connectivity index (χ4v) is 6.03. The molecular formula is C21H23N3O3S. The van der Waals surface area contributed by atoms with Crippen LogP contribution in [0.4, 0.5) is 4.79 Å². The molecule has 28 heavy (non-hydrogen) atoms. The first kappa shape index (κ1) is 17.7. The lowest BCUT2D eigenvalue weighted by atomic mass is 9.67. The van der Waals surface area contributed by atoms with Gasteiger partial charge in [-0.3, -0.25) is 14.9 Å². The van der Waals surface area contributed by atoms with Gasteiger partial charge in [-0.25, -0.2) is 4.79 Å². The summed E-state index contributed by atoms with van der Waals surface area (Å²) < 4.78 is 1.24. The lowest BCUT2D eigenvalue weighted by Crippen LogP contribution is -2.60. The van der Waals surface area contributed by atoms with Crippen molar-refractivity contribution in [2.45, 2.75) is 50.1 Å². The van der Waals surface area contributed by atoms with Gasteiger partial charge >= 0.3 is 6.03 Å². The first-order valence-corrected chi connectivity index (χ1v) is 10.8. The molecule has 7 heteroatoms. The van der Waals surface area contributed by atoms with Gasteiger partial charge in [0, 0.05) is 10.6 Å². The highest BCUT2D eigenvalue weighted by Crippen LogP contribution is 2.43. The topological polar surface area (TPSA) is 87.3 Å². The summed E-state index contributed by atoms with van der Waals surface area (Å²) in [5.74, 6) is -0.104.